The largest absolute Gasteiger partial charge is 0.495 e. The summed E-state index contributed by atoms with van der Waals surface area (Å²) in [6.07, 6.45) is 0.638. The van der Waals surface area contributed by atoms with Gasteiger partial charge in [-0.1, -0.05) is 33.6 Å². The molecule has 0 saturated heterocycles. The number of Topliss-reactive ketones (excluding diaryl/α,β-unsaturated/α-hetero) is 1. The number of ketones is 1. The number of hydrogen-bond donors (Lipinski definition) is 0. The predicted molar refractivity (Wildman–Crippen MR) is 65.1 cm³/mol. The summed E-state index contributed by atoms with van der Waals surface area (Å²) >= 11 is 9.28. The number of hydrogen-bond acceptors (Lipinski definition) is 2. The van der Waals surface area contributed by atoms with Crippen LogP contribution in [0.15, 0.2) is 18.2 Å². The highest BCUT2D eigenvalue weighted by Crippen LogP contribution is 2.26. The van der Waals surface area contributed by atoms with Crippen LogP contribution >= 0.6 is 27.5 Å². The molecular formula is C11H12BrClO2. The molecule has 0 N–H and O–H groups in total. The third kappa shape index (κ3) is 3.50. The van der Waals surface area contributed by atoms with E-state index >= 15 is 0 Å². The molecule has 0 amide bonds. The average molecular weight is 292 g/mol. The summed E-state index contributed by atoms with van der Waals surface area (Å²) in [6.45, 7) is 1.56. The molecule has 1 aromatic carbocycles. The second kappa shape index (κ2) is 5.52. The Morgan fingerprint density at radius 3 is 2.73 bits per heavy atom. The van der Waals surface area contributed by atoms with Gasteiger partial charge in [0.2, 0.25) is 0 Å². The molecule has 0 aromatic heterocycles. The zero-order chi connectivity index (χ0) is 11.4. The first-order valence-corrected chi connectivity index (χ1v) is 5.81. The Hall–Kier alpha value is -0.540. The lowest BCUT2D eigenvalue weighted by Crippen LogP contribution is -2.12. The van der Waals surface area contributed by atoms with Gasteiger partial charge in [0.1, 0.15) is 11.5 Å². The molecule has 0 spiro atoms. The Labute approximate surface area is 103 Å². The van der Waals surface area contributed by atoms with Gasteiger partial charge in [0, 0.05) is 0 Å². The molecule has 0 heterocycles. The van der Waals surface area contributed by atoms with E-state index in [4.69, 9.17) is 16.3 Å². The topological polar surface area (TPSA) is 26.3 Å². The molecule has 2 nitrogen and oxygen atoms in total. The average Bonchev–Trinajstić information content (AvgIpc) is 2.18. The van der Waals surface area contributed by atoms with Gasteiger partial charge in [-0.3, -0.25) is 4.79 Å². The zero-order valence-electron chi connectivity index (χ0n) is 8.59. The highest BCUT2D eigenvalue weighted by Gasteiger charge is 2.11. The smallest absolute Gasteiger partial charge is 0.143 e. The fourth-order valence-electron chi connectivity index (χ4n) is 1.19. The monoisotopic (exact) mass is 290 g/mol. The summed E-state index contributed by atoms with van der Waals surface area (Å²) in [7, 11) is 1.57. The van der Waals surface area contributed by atoms with Crippen LogP contribution in [-0.2, 0) is 11.2 Å². The first-order chi connectivity index (χ1) is 7.04. The summed E-state index contributed by atoms with van der Waals surface area (Å²) in [4.78, 5) is 10.9. The number of rotatable bonds is 4. The third-order valence-corrected chi connectivity index (χ3v) is 3.34. The van der Waals surface area contributed by atoms with E-state index in [0.717, 1.165) is 5.56 Å². The van der Waals surface area contributed by atoms with Crippen LogP contribution in [0.2, 0.25) is 5.02 Å². The number of methoxy groups -OCH3 is 1. The number of carbonyl (C=O) groups is 1. The molecule has 0 radical (unpaired) electrons. The molecular weight excluding hydrogens is 279 g/mol. The highest BCUT2D eigenvalue weighted by atomic mass is 79.9. The standard InChI is InChI=1S/C11H12BrClO2/c1-7(14)9(12)5-8-3-4-11(15-2)10(13)6-8/h3-4,6,9H,5H2,1-2H3. The summed E-state index contributed by atoms with van der Waals surface area (Å²) in [5.41, 5.74) is 1.01. The minimum atomic E-state index is -0.151. The van der Waals surface area contributed by atoms with E-state index in [0.29, 0.717) is 17.2 Å². The van der Waals surface area contributed by atoms with Crippen LogP contribution in [0.25, 0.3) is 0 Å². The van der Waals surface area contributed by atoms with Crippen LogP contribution in [0.4, 0.5) is 0 Å². The van der Waals surface area contributed by atoms with Gasteiger partial charge in [0.15, 0.2) is 0 Å². The van der Waals surface area contributed by atoms with Crippen molar-refractivity contribution in [2.75, 3.05) is 7.11 Å². The van der Waals surface area contributed by atoms with Crippen molar-refractivity contribution < 1.29 is 9.53 Å². The Bertz CT molecular complexity index is 366. The lowest BCUT2D eigenvalue weighted by molar-refractivity contribution is -0.116. The molecule has 0 saturated carbocycles. The second-order valence-corrected chi connectivity index (χ2v) is 4.76. The summed E-state index contributed by atoms with van der Waals surface area (Å²) in [5, 5.41) is 0.568. The Morgan fingerprint density at radius 1 is 1.60 bits per heavy atom. The maximum atomic E-state index is 11.1. The van der Waals surface area contributed by atoms with Crippen LogP contribution in [0.1, 0.15) is 12.5 Å². The van der Waals surface area contributed by atoms with Crippen LogP contribution < -0.4 is 4.74 Å². The van der Waals surface area contributed by atoms with Crippen LogP contribution in [0.3, 0.4) is 0 Å². The number of carbonyl (C=O) groups excluding carboxylic acids is 1. The van der Waals surface area contributed by atoms with E-state index in [-0.39, 0.29) is 10.6 Å². The van der Waals surface area contributed by atoms with Gasteiger partial charge in [-0.15, -0.1) is 0 Å². The fourth-order valence-corrected chi connectivity index (χ4v) is 1.84. The predicted octanol–water partition coefficient (Wildman–Crippen LogP) is 3.24. The number of alkyl halides is 1. The van der Waals surface area contributed by atoms with E-state index in [9.17, 15) is 4.79 Å². The minimum absolute atomic E-state index is 0.113. The molecule has 0 aliphatic carbocycles. The van der Waals surface area contributed by atoms with Crippen molar-refractivity contribution in [3.63, 3.8) is 0 Å². The first-order valence-electron chi connectivity index (χ1n) is 4.51. The molecule has 0 aliphatic rings. The summed E-state index contributed by atoms with van der Waals surface area (Å²) in [5.74, 6) is 0.760. The van der Waals surface area contributed by atoms with Gasteiger partial charge in [0.25, 0.3) is 0 Å². The van der Waals surface area contributed by atoms with Crippen LogP contribution in [0, 0.1) is 0 Å². The van der Waals surface area contributed by atoms with E-state index in [1.807, 2.05) is 12.1 Å². The Morgan fingerprint density at radius 2 is 2.27 bits per heavy atom. The molecule has 1 rings (SSSR count). The quantitative estimate of drug-likeness (QED) is 0.796. The van der Waals surface area contributed by atoms with Crippen molar-refractivity contribution in [2.45, 2.75) is 18.2 Å². The fraction of sp³-hybridized carbons (Fsp3) is 0.364. The second-order valence-electron chi connectivity index (χ2n) is 3.25. The lowest BCUT2D eigenvalue weighted by atomic mass is 10.1. The molecule has 4 heteroatoms. The van der Waals surface area contributed by atoms with Gasteiger partial charge in [-0.2, -0.15) is 0 Å². The van der Waals surface area contributed by atoms with Gasteiger partial charge >= 0.3 is 0 Å². The molecule has 82 valence electrons. The van der Waals surface area contributed by atoms with E-state index < -0.39 is 0 Å². The third-order valence-electron chi connectivity index (χ3n) is 2.07. The number of halogens is 2. The molecule has 1 aromatic rings. The summed E-state index contributed by atoms with van der Waals surface area (Å²) in [6, 6.07) is 5.52. The van der Waals surface area contributed by atoms with Crippen molar-refractivity contribution in [2.24, 2.45) is 0 Å². The highest BCUT2D eigenvalue weighted by molar-refractivity contribution is 9.10. The first kappa shape index (κ1) is 12.5. The van der Waals surface area contributed by atoms with E-state index in [1.165, 1.54) is 0 Å². The SMILES string of the molecule is COc1ccc(CC(Br)C(C)=O)cc1Cl. The van der Waals surface area contributed by atoms with Crippen molar-refractivity contribution in [1.29, 1.82) is 0 Å². The van der Waals surface area contributed by atoms with Crippen molar-refractivity contribution in [1.82, 2.24) is 0 Å². The van der Waals surface area contributed by atoms with Crippen LogP contribution in [-0.4, -0.2) is 17.7 Å². The molecule has 0 bridgehead atoms. The maximum absolute atomic E-state index is 11.1. The van der Waals surface area contributed by atoms with Crippen molar-refractivity contribution >= 4 is 33.3 Å². The maximum Gasteiger partial charge on any atom is 0.143 e. The Kier molecular flexibility index (Phi) is 4.61. The number of benzene rings is 1. The molecule has 1 atom stereocenters. The van der Waals surface area contributed by atoms with Gasteiger partial charge < -0.3 is 4.74 Å². The summed E-state index contributed by atoms with van der Waals surface area (Å²) < 4.78 is 5.04. The van der Waals surface area contributed by atoms with Crippen molar-refractivity contribution in [3.05, 3.63) is 28.8 Å². The molecule has 0 aliphatic heterocycles. The number of ether oxygens (including phenoxy) is 1. The van der Waals surface area contributed by atoms with Gasteiger partial charge in [0.05, 0.1) is 17.0 Å². The van der Waals surface area contributed by atoms with Gasteiger partial charge in [-0.05, 0) is 31.0 Å². The molecule has 15 heavy (non-hydrogen) atoms. The molecule has 1 unspecified atom stereocenters. The van der Waals surface area contributed by atoms with Crippen molar-refractivity contribution in [3.8, 4) is 5.75 Å². The van der Waals surface area contributed by atoms with Crippen LogP contribution in [0.5, 0.6) is 5.75 Å². The van der Waals surface area contributed by atoms with E-state index in [1.54, 1.807) is 20.1 Å². The minimum Gasteiger partial charge on any atom is -0.495 e. The normalized spacial score (nSPS) is 12.3. The lowest BCUT2D eigenvalue weighted by Gasteiger charge is -2.08. The molecule has 0 fully saturated rings. The van der Waals surface area contributed by atoms with E-state index in [2.05, 4.69) is 15.9 Å². The zero-order valence-corrected chi connectivity index (χ0v) is 10.9. The van der Waals surface area contributed by atoms with Gasteiger partial charge in [-0.25, -0.2) is 0 Å². The Balaban J connectivity index is 2.79.